The third-order valence-electron chi connectivity index (χ3n) is 4.22. The van der Waals surface area contributed by atoms with Crippen molar-refractivity contribution in [3.63, 3.8) is 0 Å². The lowest BCUT2D eigenvalue weighted by molar-refractivity contribution is -0.0168. The maximum Gasteiger partial charge on any atom is 0.243 e. The van der Waals surface area contributed by atoms with Gasteiger partial charge in [-0.15, -0.1) is 0 Å². The molecule has 1 aliphatic rings. The zero-order chi connectivity index (χ0) is 17.3. The van der Waals surface area contributed by atoms with Crippen LogP contribution in [0.3, 0.4) is 0 Å². The molecule has 0 spiro atoms. The zero-order valence-corrected chi connectivity index (χ0v) is 15.7. The molecular formula is C18H29NO3S. The first-order valence-electron chi connectivity index (χ1n) is 8.37. The minimum atomic E-state index is -3.40. The van der Waals surface area contributed by atoms with E-state index < -0.39 is 10.0 Å². The number of ether oxygens (including phenoxy) is 1. The minimum Gasteiger partial charge on any atom is -0.375 e. The summed E-state index contributed by atoms with van der Waals surface area (Å²) in [5, 5.41) is 0. The molecule has 0 aromatic heterocycles. The fourth-order valence-corrected chi connectivity index (χ4v) is 4.34. The van der Waals surface area contributed by atoms with Gasteiger partial charge in [0.15, 0.2) is 0 Å². The van der Waals surface area contributed by atoms with Gasteiger partial charge in [0.2, 0.25) is 10.0 Å². The van der Waals surface area contributed by atoms with Gasteiger partial charge in [0.05, 0.1) is 17.1 Å². The monoisotopic (exact) mass is 339 g/mol. The second-order valence-electron chi connectivity index (χ2n) is 7.56. The Bertz CT molecular complexity index is 607. The third kappa shape index (κ3) is 4.55. The molecule has 4 nitrogen and oxygen atoms in total. The Balaban J connectivity index is 2.08. The Morgan fingerprint density at radius 3 is 2.04 bits per heavy atom. The van der Waals surface area contributed by atoms with E-state index in [0.29, 0.717) is 18.0 Å². The zero-order valence-electron chi connectivity index (χ0n) is 14.9. The quantitative estimate of drug-likeness (QED) is 0.842. The van der Waals surface area contributed by atoms with Crippen molar-refractivity contribution >= 4 is 10.0 Å². The van der Waals surface area contributed by atoms with E-state index in [-0.39, 0.29) is 17.6 Å². The fourth-order valence-electron chi connectivity index (χ4n) is 2.87. The van der Waals surface area contributed by atoms with Crippen molar-refractivity contribution in [3.05, 3.63) is 29.8 Å². The molecule has 130 valence electrons. The van der Waals surface area contributed by atoms with Crippen LogP contribution >= 0.6 is 0 Å². The van der Waals surface area contributed by atoms with Crippen LogP contribution in [0.25, 0.3) is 0 Å². The average molecular weight is 340 g/mol. The number of rotatable bonds is 4. The van der Waals surface area contributed by atoms with Crippen LogP contribution in [-0.2, 0) is 20.2 Å². The van der Waals surface area contributed by atoms with E-state index >= 15 is 0 Å². The van der Waals surface area contributed by atoms with Gasteiger partial charge in [-0.2, -0.15) is 4.31 Å². The smallest absolute Gasteiger partial charge is 0.243 e. The molecule has 1 aromatic rings. The topological polar surface area (TPSA) is 46.6 Å². The van der Waals surface area contributed by atoms with E-state index in [4.69, 9.17) is 4.74 Å². The summed E-state index contributed by atoms with van der Waals surface area (Å²) in [5.74, 6) is 0. The molecule has 0 amide bonds. The Hall–Kier alpha value is -0.910. The van der Waals surface area contributed by atoms with Crippen LogP contribution in [0.2, 0.25) is 0 Å². The summed E-state index contributed by atoms with van der Waals surface area (Å²) in [6.07, 6.45) is 1.88. The average Bonchev–Trinajstić information content (AvgIpc) is 2.46. The molecule has 0 saturated carbocycles. The molecule has 0 bridgehead atoms. The molecule has 1 saturated heterocycles. The highest BCUT2D eigenvalue weighted by atomic mass is 32.2. The van der Waals surface area contributed by atoms with Crippen molar-refractivity contribution in [2.75, 3.05) is 13.1 Å². The normalized spacial score (nSPS) is 18.5. The Labute approximate surface area is 140 Å². The molecule has 0 unspecified atom stereocenters. The molecule has 1 aromatic carbocycles. The highest BCUT2D eigenvalue weighted by molar-refractivity contribution is 7.89. The summed E-state index contributed by atoms with van der Waals surface area (Å²) in [6.45, 7) is 11.4. The number of benzene rings is 1. The van der Waals surface area contributed by atoms with Gasteiger partial charge in [-0.25, -0.2) is 8.42 Å². The van der Waals surface area contributed by atoms with Gasteiger partial charge in [0, 0.05) is 13.1 Å². The molecule has 0 radical (unpaired) electrons. The van der Waals surface area contributed by atoms with Crippen molar-refractivity contribution in [2.45, 2.75) is 70.0 Å². The van der Waals surface area contributed by atoms with Crippen molar-refractivity contribution in [1.29, 1.82) is 0 Å². The third-order valence-corrected chi connectivity index (χ3v) is 6.14. The number of hydrogen-bond donors (Lipinski definition) is 0. The molecule has 23 heavy (non-hydrogen) atoms. The Morgan fingerprint density at radius 1 is 1.09 bits per heavy atom. The first-order valence-corrected chi connectivity index (χ1v) is 9.81. The van der Waals surface area contributed by atoms with E-state index in [2.05, 4.69) is 20.8 Å². The van der Waals surface area contributed by atoms with E-state index in [9.17, 15) is 8.42 Å². The molecule has 1 aliphatic heterocycles. The van der Waals surface area contributed by atoms with Gasteiger partial charge >= 0.3 is 0 Å². The lowest BCUT2D eigenvalue weighted by Gasteiger charge is -2.32. The maximum absolute atomic E-state index is 12.8. The SMILES string of the molecule is CC(C)OC1CCN(S(=O)(=O)c2ccc(C(C)(C)C)cc2)CC1. The molecule has 0 aliphatic carbocycles. The molecule has 0 atom stereocenters. The Morgan fingerprint density at radius 2 is 1.61 bits per heavy atom. The van der Waals surface area contributed by atoms with Crippen LogP contribution in [0.4, 0.5) is 0 Å². The molecule has 1 heterocycles. The van der Waals surface area contributed by atoms with E-state index in [1.807, 2.05) is 26.0 Å². The summed E-state index contributed by atoms with van der Waals surface area (Å²) in [6, 6.07) is 7.29. The van der Waals surface area contributed by atoms with Crippen LogP contribution < -0.4 is 0 Å². The predicted octanol–water partition coefficient (Wildman–Crippen LogP) is 3.56. The van der Waals surface area contributed by atoms with E-state index in [1.54, 1.807) is 16.4 Å². The van der Waals surface area contributed by atoms with Gasteiger partial charge in [-0.05, 0) is 49.8 Å². The summed E-state index contributed by atoms with van der Waals surface area (Å²) in [7, 11) is -3.40. The first-order chi connectivity index (χ1) is 10.6. The number of hydrogen-bond acceptors (Lipinski definition) is 3. The van der Waals surface area contributed by atoms with Crippen molar-refractivity contribution in [3.8, 4) is 0 Å². The highest BCUT2D eigenvalue weighted by Gasteiger charge is 2.30. The molecule has 5 heteroatoms. The predicted molar refractivity (Wildman–Crippen MR) is 93.1 cm³/mol. The second kappa shape index (κ2) is 6.91. The lowest BCUT2D eigenvalue weighted by Crippen LogP contribution is -2.41. The van der Waals surface area contributed by atoms with Gasteiger partial charge in [-0.1, -0.05) is 32.9 Å². The second-order valence-corrected chi connectivity index (χ2v) is 9.50. The van der Waals surface area contributed by atoms with Gasteiger partial charge in [-0.3, -0.25) is 0 Å². The molecular weight excluding hydrogens is 310 g/mol. The molecule has 2 rings (SSSR count). The summed E-state index contributed by atoms with van der Waals surface area (Å²) >= 11 is 0. The van der Waals surface area contributed by atoms with Crippen LogP contribution in [0, 0.1) is 0 Å². The number of piperidine rings is 1. The standard InChI is InChI=1S/C18H29NO3S/c1-14(2)22-16-10-12-19(13-11-16)23(20,21)17-8-6-15(7-9-17)18(3,4)5/h6-9,14,16H,10-13H2,1-5H3. The van der Waals surface area contributed by atoms with Crippen molar-refractivity contribution in [2.24, 2.45) is 0 Å². The summed E-state index contributed by atoms with van der Waals surface area (Å²) < 4.78 is 32.9. The maximum atomic E-state index is 12.8. The molecule has 0 N–H and O–H groups in total. The van der Waals surface area contributed by atoms with Crippen LogP contribution in [0.1, 0.15) is 53.0 Å². The number of nitrogens with zero attached hydrogens (tertiary/aromatic N) is 1. The first kappa shape index (κ1) is 18.4. The largest absolute Gasteiger partial charge is 0.375 e. The van der Waals surface area contributed by atoms with Crippen LogP contribution in [-0.4, -0.2) is 38.0 Å². The summed E-state index contributed by atoms with van der Waals surface area (Å²) in [4.78, 5) is 0.383. The van der Waals surface area contributed by atoms with Gasteiger partial charge in [0.25, 0.3) is 0 Å². The molecule has 1 fully saturated rings. The van der Waals surface area contributed by atoms with Crippen LogP contribution in [0.5, 0.6) is 0 Å². The van der Waals surface area contributed by atoms with E-state index in [0.717, 1.165) is 18.4 Å². The summed E-state index contributed by atoms with van der Waals surface area (Å²) in [5.41, 5.74) is 1.16. The van der Waals surface area contributed by atoms with Gasteiger partial charge in [0.1, 0.15) is 0 Å². The Kier molecular flexibility index (Phi) is 5.54. The van der Waals surface area contributed by atoms with Gasteiger partial charge < -0.3 is 4.74 Å². The van der Waals surface area contributed by atoms with Crippen molar-refractivity contribution in [1.82, 2.24) is 4.31 Å². The van der Waals surface area contributed by atoms with Crippen LogP contribution in [0.15, 0.2) is 29.2 Å². The fraction of sp³-hybridized carbons (Fsp3) is 0.667. The highest BCUT2D eigenvalue weighted by Crippen LogP contribution is 2.26. The van der Waals surface area contributed by atoms with Crippen molar-refractivity contribution < 1.29 is 13.2 Å². The minimum absolute atomic E-state index is 0.0226. The number of sulfonamides is 1. The van der Waals surface area contributed by atoms with E-state index in [1.165, 1.54) is 0 Å². The lowest BCUT2D eigenvalue weighted by atomic mass is 9.87.